The van der Waals surface area contributed by atoms with E-state index in [1.54, 1.807) is 7.11 Å². The Morgan fingerprint density at radius 1 is 0.973 bits per heavy atom. The van der Waals surface area contributed by atoms with Crippen LogP contribution in [0.2, 0.25) is 0 Å². The first-order valence-electron chi connectivity index (χ1n) is 13.6. The highest BCUT2D eigenvalue weighted by molar-refractivity contribution is 5.93. The lowest BCUT2D eigenvalue weighted by Gasteiger charge is -2.57. The van der Waals surface area contributed by atoms with Crippen molar-refractivity contribution in [3.63, 3.8) is 0 Å². The zero-order chi connectivity index (χ0) is 25.4. The molecule has 4 saturated carbocycles. The molecule has 5 fully saturated rings. The molecule has 3 atom stereocenters. The molecular formula is C32H31N3O2. The van der Waals surface area contributed by atoms with Crippen LogP contribution in [0.25, 0.3) is 6.08 Å². The summed E-state index contributed by atoms with van der Waals surface area (Å²) in [4.78, 5) is 17.1. The zero-order valence-electron chi connectivity index (χ0n) is 21.1. The molecule has 186 valence electrons. The van der Waals surface area contributed by atoms with Gasteiger partial charge in [0.1, 0.15) is 5.75 Å². The average molecular weight is 490 g/mol. The molecule has 4 aliphatic carbocycles. The molecule has 0 radical (unpaired) electrons. The van der Waals surface area contributed by atoms with Crippen LogP contribution in [0, 0.1) is 51.2 Å². The molecule has 4 bridgehead atoms. The van der Waals surface area contributed by atoms with Gasteiger partial charge in [-0.25, -0.2) is 0 Å². The number of rotatable bonds is 4. The molecule has 5 heteroatoms. The fraction of sp³-hybridized carbons (Fsp3) is 0.469. The minimum Gasteiger partial charge on any atom is -0.497 e. The molecule has 2 aromatic rings. The Labute approximate surface area is 218 Å². The Kier molecular flexibility index (Phi) is 4.87. The Morgan fingerprint density at radius 2 is 1.65 bits per heavy atom. The maximum absolute atomic E-state index is 15.0. The topological polar surface area (TPSA) is 77.1 Å². The molecule has 0 aromatic heterocycles. The number of ketones is 1. The lowest BCUT2D eigenvalue weighted by Crippen LogP contribution is -2.55. The van der Waals surface area contributed by atoms with Crippen molar-refractivity contribution in [2.45, 2.75) is 56.5 Å². The normalized spacial score (nSPS) is 35.8. The first kappa shape index (κ1) is 22.6. The van der Waals surface area contributed by atoms with E-state index in [1.165, 1.54) is 19.3 Å². The number of nitrogens with zero attached hydrogens (tertiary/aromatic N) is 3. The predicted octanol–water partition coefficient (Wildman–Crippen LogP) is 6.01. The minimum absolute atomic E-state index is 0.251. The van der Waals surface area contributed by atoms with Gasteiger partial charge in [0.05, 0.1) is 31.3 Å². The maximum atomic E-state index is 15.0. The van der Waals surface area contributed by atoms with Crippen LogP contribution in [0.3, 0.4) is 0 Å². The molecule has 2 aromatic carbocycles. The lowest BCUT2D eigenvalue weighted by molar-refractivity contribution is -0.148. The van der Waals surface area contributed by atoms with Gasteiger partial charge in [0.2, 0.25) is 0 Å². The molecule has 2 heterocycles. The molecule has 6 aliphatic rings. The second-order valence-corrected chi connectivity index (χ2v) is 12.1. The number of Topliss-reactive ketones (excluding diaryl/α,β-unsaturated/α-hetero) is 1. The summed E-state index contributed by atoms with van der Waals surface area (Å²) in [5, 5.41) is 21.6. The van der Waals surface area contributed by atoms with Gasteiger partial charge >= 0.3 is 0 Å². The van der Waals surface area contributed by atoms with Crippen LogP contribution in [-0.2, 0) is 4.79 Å². The number of nitriles is 2. The number of methoxy groups -OCH3 is 1. The molecule has 2 aliphatic heterocycles. The van der Waals surface area contributed by atoms with E-state index in [1.807, 2.05) is 60.8 Å². The third-order valence-electron chi connectivity index (χ3n) is 10.2. The first-order chi connectivity index (χ1) is 18.0. The van der Waals surface area contributed by atoms with Gasteiger partial charge < -0.3 is 9.64 Å². The van der Waals surface area contributed by atoms with Crippen molar-refractivity contribution in [2.24, 2.45) is 28.6 Å². The van der Waals surface area contributed by atoms with Crippen LogP contribution < -0.4 is 4.74 Å². The van der Waals surface area contributed by atoms with Gasteiger partial charge in [-0.2, -0.15) is 10.5 Å². The molecule has 0 amide bonds. The van der Waals surface area contributed by atoms with Crippen LogP contribution >= 0.6 is 0 Å². The Hall–Kier alpha value is -3.57. The number of ether oxygens (including phenoxy) is 1. The lowest BCUT2D eigenvalue weighted by atomic mass is 9.47. The number of hydrogen-bond acceptors (Lipinski definition) is 5. The van der Waals surface area contributed by atoms with E-state index in [2.05, 4.69) is 17.0 Å². The third kappa shape index (κ3) is 3.04. The van der Waals surface area contributed by atoms with E-state index in [0.29, 0.717) is 23.5 Å². The van der Waals surface area contributed by atoms with E-state index >= 15 is 0 Å². The predicted molar refractivity (Wildman–Crippen MR) is 139 cm³/mol. The highest BCUT2D eigenvalue weighted by Gasteiger charge is 2.67. The Bertz CT molecular complexity index is 1350. The summed E-state index contributed by atoms with van der Waals surface area (Å²) in [5.74, 6) is 2.25. The largest absolute Gasteiger partial charge is 0.497 e. The van der Waals surface area contributed by atoms with Crippen LogP contribution in [0.5, 0.6) is 5.75 Å². The summed E-state index contributed by atoms with van der Waals surface area (Å²) in [6.45, 7) is 0. The number of benzene rings is 2. The monoisotopic (exact) mass is 489 g/mol. The molecule has 0 unspecified atom stereocenters. The van der Waals surface area contributed by atoms with E-state index < -0.39 is 23.4 Å². The van der Waals surface area contributed by atoms with E-state index in [0.717, 1.165) is 36.0 Å². The summed E-state index contributed by atoms with van der Waals surface area (Å²) in [5.41, 5.74) is 1.02. The van der Waals surface area contributed by atoms with Crippen LogP contribution in [-0.4, -0.2) is 23.8 Å². The third-order valence-corrected chi connectivity index (χ3v) is 10.2. The van der Waals surface area contributed by atoms with E-state index in [-0.39, 0.29) is 11.2 Å². The van der Waals surface area contributed by atoms with Crippen molar-refractivity contribution in [3.8, 4) is 17.9 Å². The standard InChI is InChI=1S/C32H31N3O2/c1-37-25-7-4-6-24(14-25)27-28(30(36)31-15-20-11-21(16-31)13-22(12-20)17-31)35-10-9-23-5-2-3-8-26(23)29(35)32(27,18-33)19-34/h2-10,14,20-22,27-29H,11-13,15-17H2,1H3/t20?,21?,22?,27-,28-,29+,31?/m1/s1. The van der Waals surface area contributed by atoms with Crippen LogP contribution in [0.4, 0.5) is 0 Å². The van der Waals surface area contributed by atoms with Crippen molar-refractivity contribution in [3.05, 3.63) is 71.4 Å². The molecule has 37 heavy (non-hydrogen) atoms. The van der Waals surface area contributed by atoms with Gasteiger partial charge in [-0.1, -0.05) is 36.4 Å². The fourth-order valence-electron chi connectivity index (χ4n) is 9.23. The number of carbonyl (C=O) groups is 1. The number of carbonyl (C=O) groups excluding carboxylic acids is 1. The van der Waals surface area contributed by atoms with E-state index in [4.69, 9.17) is 4.74 Å². The smallest absolute Gasteiger partial charge is 0.177 e. The molecule has 5 nitrogen and oxygen atoms in total. The molecule has 8 rings (SSSR count). The highest BCUT2D eigenvalue weighted by atomic mass is 16.5. The van der Waals surface area contributed by atoms with Crippen LogP contribution in [0.1, 0.15) is 67.2 Å². The van der Waals surface area contributed by atoms with Crippen molar-refractivity contribution in [2.75, 3.05) is 7.11 Å². The van der Waals surface area contributed by atoms with E-state index in [9.17, 15) is 15.3 Å². The van der Waals surface area contributed by atoms with Crippen molar-refractivity contribution < 1.29 is 9.53 Å². The average Bonchev–Trinajstić information content (AvgIpc) is 3.23. The Balaban J connectivity index is 1.43. The fourth-order valence-corrected chi connectivity index (χ4v) is 9.23. The second-order valence-electron chi connectivity index (χ2n) is 12.1. The van der Waals surface area contributed by atoms with Gasteiger partial charge in [0.25, 0.3) is 0 Å². The number of hydrogen-bond donors (Lipinski definition) is 0. The maximum Gasteiger partial charge on any atom is 0.177 e. The first-order valence-corrected chi connectivity index (χ1v) is 13.6. The van der Waals surface area contributed by atoms with Crippen molar-refractivity contribution in [1.29, 1.82) is 10.5 Å². The molecule has 0 N–H and O–H groups in total. The van der Waals surface area contributed by atoms with Crippen LogP contribution in [0.15, 0.2) is 54.7 Å². The van der Waals surface area contributed by atoms with Gasteiger partial charge in [0, 0.05) is 17.5 Å². The molecule has 1 saturated heterocycles. The second kappa shape index (κ2) is 7.96. The van der Waals surface area contributed by atoms with Gasteiger partial charge in [-0.15, -0.1) is 0 Å². The van der Waals surface area contributed by atoms with Gasteiger partial charge in [-0.3, -0.25) is 4.79 Å². The quantitative estimate of drug-likeness (QED) is 0.526. The van der Waals surface area contributed by atoms with Crippen molar-refractivity contribution in [1.82, 2.24) is 4.90 Å². The van der Waals surface area contributed by atoms with Gasteiger partial charge in [0.15, 0.2) is 11.2 Å². The summed E-state index contributed by atoms with van der Waals surface area (Å²) < 4.78 is 5.54. The van der Waals surface area contributed by atoms with Crippen molar-refractivity contribution >= 4 is 11.9 Å². The zero-order valence-corrected chi connectivity index (χ0v) is 21.1. The minimum atomic E-state index is -1.42. The SMILES string of the molecule is COc1cccc([C@@H]2[C@H](C(=O)C34CC5CC(CC(C5)C3)C4)N3C=Cc4ccccc4[C@H]3C2(C#N)C#N)c1. The van der Waals surface area contributed by atoms with Gasteiger partial charge in [-0.05, 0) is 91.2 Å². The summed E-state index contributed by atoms with van der Waals surface area (Å²) in [6, 6.07) is 19.5. The summed E-state index contributed by atoms with van der Waals surface area (Å²) in [6.07, 6.45) is 10.7. The Morgan fingerprint density at radius 3 is 2.30 bits per heavy atom. The summed E-state index contributed by atoms with van der Waals surface area (Å²) in [7, 11) is 1.62. The molecule has 0 spiro atoms. The molecular weight excluding hydrogens is 458 g/mol. The number of fused-ring (bicyclic) bond motifs is 3. The summed E-state index contributed by atoms with van der Waals surface area (Å²) >= 11 is 0. The highest BCUT2D eigenvalue weighted by Crippen LogP contribution is 2.65.